The van der Waals surface area contributed by atoms with Gasteiger partial charge in [-0.2, -0.15) is 0 Å². The minimum atomic E-state index is -4.70. The lowest BCUT2D eigenvalue weighted by molar-refractivity contribution is -0.870. The first-order valence-electron chi connectivity index (χ1n) is 31.6. The predicted molar refractivity (Wildman–Crippen MR) is 321 cm³/mol. The zero-order valence-electron chi connectivity index (χ0n) is 50.0. The Hall–Kier alpha value is -2.29. The number of rotatable bonds is 57. The van der Waals surface area contributed by atoms with Crippen LogP contribution in [-0.2, 0) is 27.9 Å². The Morgan fingerprint density at radius 1 is 0.480 bits per heavy atom. The number of unbranched alkanes of at least 4 members (excludes halogenated alkanes) is 33. The zero-order valence-corrected chi connectivity index (χ0v) is 50.9. The van der Waals surface area contributed by atoms with E-state index in [2.05, 4.69) is 74.7 Å². The van der Waals surface area contributed by atoms with Crippen molar-refractivity contribution in [2.75, 3.05) is 40.9 Å². The second-order valence-corrected chi connectivity index (χ2v) is 23.9. The van der Waals surface area contributed by atoms with Gasteiger partial charge < -0.3 is 28.5 Å². The van der Waals surface area contributed by atoms with E-state index in [1.54, 1.807) is 0 Å². The second kappa shape index (κ2) is 55.0. The number of quaternary nitrogens is 1. The molecule has 0 spiro atoms. The van der Waals surface area contributed by atoms with Crippen LogP contribution in [0.15, 0.2) is 60.8 Å². The maximum atomic E-state index is 13.5. The maximum Gasteiger partial charge on any atom is 0.306 e. The van der Waals surface area contributed by atoms with Crippen LogP contribution < -0.4 is 10.2 Å². The number of esters is 1. The molecule has 75 heavy (non-hydrogen) atoms. The molecule has 0 heterocycles. The molecular formula is C65H121N2O7P. The van der Waals surface area contributed by atoms with Gasteiger partial charge in [-0.25, -0.2) is 0 Å². The van der Waals surface area contributed by atoms with Crippen molar-refractivity contribution >= 4 is 19.7 Å². The lowest BCUT2D eigenvalue weighted by Crippen LogP contribution is -2.47. The summed E-state index contributed by atoms with van der Waals surface area (Å²) in [7, 11) is 1.18. The third kappa shape index (κ3) is 56.2. The van der Waals surface area contributed by atoms with Crippen molar-refractivity contribution in [1.82, 2.24) is 5.32 Å². The van der Waals surface area contributed by atoms with Crippen LogP contribution in [0.1, 0.15) is 290 Å². The average molecular weight is 1070 g/mol. The summed E-state index contributed by atoms with van der Waals surface area (Å²) < 4.78 is 30.3. The summed E-state index contributed by atoms with van der Waals surface area (Å²) >= 11 is 0. The van der Waals surface area contributed by atoms with Gasteiger partial charge >= 0.3 is 5.97 Å². The number of phosphoric ester groups is 1. The number of phosphoric acid groups is 1. The molecule has 0 rings (SSSR count). The summed E-state index contributed by atoms with van der Waals surface area (Å²) in [6.45, 7) is 6.72. The quantitative estimate of drug-likeness (QED) is 0.0212. The Balaban J connectivity index is 5.15. The Labute approximate surface area is 464 Å². The highest BCUT2D eigenvalue weighted by Gasteiger charge is 2.27. The third-order valence-electron chi connectivity index (χ3n) is 13.9. The van der Waals surface area contributed by atoms with E-state index in [9.17, 15) is 19.0 Å². The molecule has 0 aliphatic heterocycles. The predicted octanol–water partition coefficient (Wildman–Crippen LogP) is 18.8. The zero-order chi connectivity index (χ0) is 55.0. The van der Waals surface area contributed by atoms with Crippen molar-refractivity contribution < 1.29 is 37.3 Å². The monoisotopic (exact) mass is 1070 g/mol. The minimum Gasteiger partial charge on any atom is -0.756 e. The summed E-state index contributed by atoms with van der Waals surface area (Å²) in [4.78, 5) is 40.0. The third-order valence-corrected chi connectivity index (χ3v) is 14.9. The molecule has 1 N–H and O–H groups in total. The number of ether oxygens (including phenoxy) is 1. The van der Waals surface area contributed by atoms with E-state index in [4.69, 9.17) is 13.8 Å². The lowest BCUT2D eigenvalue weighted by Gasteiger charge is -2.30. The Bertz CT molecular complexity index is 1470. The van der Waals surface area contributed by atoms with E-state index in [-0.39, 0.29) is 24.9 Å². The number of carbonyl (C=O) groups excluding carboxylic acids is 2. The molecule has 0 aromatic carbocycles. The normalized spacial score (nSPS) is 14.1. The summed E-state index contributed by atoms with van der Waals surface area (Å²) in [5.74, 6) is -0.545. The van der Waals surface area contributed by atoms with Crippen LogP contribution in [-0.4, -0.2) is 69.4 Å². The molecule has 0 fully saturated rings. The molecule has 438 valence electrons. The van der Waals surface area contributed by atoms with Crippen molar-refractivity contribution in [3.8, 4) is 0 Å². The van der Waals surface area contributed by atoms with E-state index < -0.39 is 26.6 Å². The van der Waals surface area contributed by atoms with Gasteiger partial charge in [0, 0.05) is 12.8 Å². The van der Waals surface area contributed by atoms with Crippen LogP contribution in [0.3, 0.4) is 0 Å². The topological polar surface area (TPSA) is 114 Å². The van der Waals surface area contributed by atoms with Gasteiger partial charge in [-0.1, -0.05) is 249 Å². The minimum absolute atomic E-state index is 0.0246. The fourth-order valence-corrected chi connectivity index (χ4v) is 9.78. The molecule has 0 bridgehead atoms. The first-order chi connectivity index (χ1) is 36.4. The van der Waals surface area contributed by atoms with E-state index >= 15 is 0 Å². The number of nitrogens with one attached hydrogen (secondary N) is 1. The van der Waals surface area contributed by atoms with Crippen LogP contribution in [0.4, 0.5) is 0 Å². The first-order valence-corrected chi connectivity index (χ1v) is 33.1. The summed E-state index contributed by atoms with van der Waals surface area (Å²) in [5.41, 5.74) is 0. The van der Waals surface area contributed by atoms with Gasteiger partial charge in [0.05, 0.1) is 33.8 Å². The van der Waals surface area contributed by atoms with Crippen molar-refractivity contribution in [3.05, 3.63) is 60.8 Å². The summed E-state index contributed by atoms with van der Waals surface area (Å²) in [5, 5.41) is 3.02. The SMILES string of the molecule is CC/C=C/C/C=C/CCCCCCCCCC(=O)NC(COP(=O)([O-])OCC[N+](C)(C)C)C(/C=C\CCCCCCCCCCCC)OC(=O)CCCCCCCCCCCCCCC/C=C\C/C=C\CCCCC. The van der Waals surface area contributed by atoms with Crippen LogP contribution in [0, 0.1) is 0 Å². The van der Waals surface area contributed by atoms with E-state index in [0.717, 1.165) is 89.9 Å². The fraction of sp³-hybridized carbons (Fsp3) is 0.815. The van der Waals surface area contributed by atoms with Crippen molar-refractivity contribution in [2.24, 2.45) is 0 Å². The highest BCUT2D eigenvalue weighted by molar-refractivity contribution is 7.45. The number of nitrogens with zero attached hydrogens (tertiary/aromatic N) is 1. The summed E-state index contributed by atoms with van der Waals surface area (Å²) in [6, 6.07) is -0.892. The number of carbonyl (C=O) groups is 2. The van der Waals surface area contributed by atoms with Gasteiger partial charge in [0.15, 0.2) is 0 Å². The van der Waals surface area contributed by atoms with Crippen LogP contribution in [0.2, 0.25) is 0 Å². The molecule has 0 aliphatic carbocycles. The number of hydrogen-bond acceptors (Lipinski definition) is 7. The Kier molecular flexibility index (Phi) is 53.4. The molecule has 0 saturated carbocycles. The fourth-order valence-electron chi connectivity index (χ4n) is 9.06. The maximum absolute atomic E-state index is 13.5. The van der Waals surface area contributed by atoms with Crippen molar-refractivity contribution in [3.63, 3.8) is 0 Å². The van der Waals surface area contributed by atoms with Gasteiger partial charge in [0.2, 0.25) is 5.91 Å². The molecule has 0 saturated heterocycles. The molecule has 3 unspecified atom stereocenters. The molecule has 10 heteroatoms. The molecule has 0 aromatic rings. The number of allylic oxidation sites excluding steroid dienone is 9. The van der Waals surface area contributed by atoms with Gasteiger partial charge in [0.25, 0.3) is 7.82 Å². The van der Waals surface area contributed by atoms with Crippen LogP contribution >= 0.6 is 7.82 Å². The molecule has 0 radical (unpaired) electrons. The number of amides is 1. The van der Waals surface area contributed by atoms with E-state index in [1.165, 1.54) is 167 Å². The van der Waals surface area contributed by atoms with Gasteiger partial charge in [-0.3, -0.25) is 14.2 Å². The highest BCUT2D eigenvalue weighted by atomic mass is 31.2. The van der Waals surface area contributed by atoms with Gasteiger partial charge in [-0.15, -0.1) is 0 Å². The van der Waals surface area contributed by atoms with E-state index in [0.29, 0.717) is 17.4 Å². The molecule has 3 atom stereocenters. The molecule has 0 aliphatic rings. The van der Waals surface area contributed by atoms with E-state index in [1.807, 2.05) is 33.3 Å². The van der Waals surface area contributed by atoms with Crippen molar-refractivity contribution in [2.45, 2.75) is 303 Å². The molecular weight excluding hydrogens is 952 g/mol. The largest absolute Gasteiger partial charge is 0.756 e. The Morgan fingerprint density at radius 2 is 0.853 bits per heavy atom. The second-order valence-electron chi connectivity index (χ2n) is 22.5. The number of hydrogen-bond donors (Lipinski definition) is 1. The average Bonchev–Trinajstić information content (AvgIpc) is 3.37. The number of likely N-dealkylation sites (N-methyl/N-ethyl adjacent to an activating group) is 1. The van der Waals surface area contributed by atoms with Gasteiger partial charge in [-0.05, 0) is 89.5 Å². The first kappa shape index (κ1) is 72.7. The lowest BCUT2D eigenvalue weighted by atomic mass is 10.0. The Morgan fingerprint density at radius 3 is 1.29 bits per heavy atom. The van der Waals surface area contributed by atoms with Crippen molar-refractivity contribution in [1.29, 1.82) is 0 Å². The smallest absolute Gasteiger partial charge is 0.306 e. The summed E-state index contributed by atoms with van der Waals surface area (Å²) in [6.07, 6.45) is 69.0. The highest BCUT2D eigenvalue weighted by Crippen LogP contribution is 2.38. The van der Waals surface area contributed by atoms with Gasteiger partial charge in [0.1, 0.15) is 19.3 Å². The van der Waals surface area contributed by atoms with Crippen LogP contribution in [0.5, 0.6) is 0 Å². The molecule has 1 amide bonds. The molecule has 9 nitrogen and oxygen atoms in total. The van der Waals surface area contributed by atoms with Crippen LogP contribution in [0.25, 0.3) is 0 Å². The standard InChI is InChI=1S/C65H121N2O7P/c1-7-10-13-16-19-22-25-28-30-31-32-33-34-35-36-37-38-40-43-46-49-52-55-58-65(69)74-63(56-53-50-47-44-41-27-24-21-18-15-12-9-3)62(61-73-75(70,71)72-60-59-67(4,5)6)66-64(68)57-54-51-48-45-42-39-29-26-23-20-17-14-11-8-2/h11,14,19-20,22-23,28,30,53,56,62-63H,7-10,12-13,15-18,21,24-27,29,31-52,54-55,57-61H2,1-6H3,(H-,66,68,70,71)/b14-11+,22-19-,23-20+,30-28-,56-53-. The molecule has 0 aromatic heterocycles.